The Hall–Kier alpha value is -1.43. The summed E-state index contributed by atoms with van der Waals surface area (Å²) >= 11 is 7.94. The minimum absolute atomic E-state index is 0.129. The van der Waals surface area contributed by atoms with Gasteiger partial charge in [0.05, 0.1) is 22.5 Å². The number of fused-ring (bicyclic) bond motifs is 1. The van der Waals surface area contributed by atoms with E-state index in [1.807, 2.05) is 45.0 Å². The number of aliphatic hydroxyl groups is 1. The molecule has 1 N–H and O–H groups in total. The molecule has 0 fully saturated rings. The molecule has 3 rings (SSSR count). The molecule has 0 aliphatic heterocycles. The van der Waals surface area contributed by atoms with Gasteiger partial charge in [0.15, 0.2) is 0 Å². The summed E-state index contributed by atoms with van der Waals surface area (Å²) in [5.74, 6) is 0. The summed E-state index contributed by atoms with van der Waals surface area (Å²) in [5, 5.41) is 15.3. The van der Waals surface area contributed by atoms with Crippen molar-refractivity contribution in [3.8, 4) is 5.13 Å². The maximum Gasteiger partial charge on any atom is 0.212 e. The number of aliphatic hydroxyl groups excluding tert-OH is 1. The fourth-order valence-electron chi connectivity index (χ4n) is 2.25. The highest BCUT2D eigenvalue weighted by Gasteiger charge is 2.27. The minimum Gasteiger partial charge on any atom is -0.391 e. The van der Waals surface area contributed by atoms with Crippen molar-refractivity contribution in [2.45, 2.75) is 32.8 Å². The van der Waals surface area contributed by atoms with Gasteiger partial charge in [-0.3, -0.25) is 0 Å². The maximum absolute atomic E-state index is 9.61. The molecule has 3 aromatic rings. The van der Waals surface area contributed by atoms with Crippen molar-refractivity contribution in [2.24, 2.45) is 0 Å². The van der Waals surface area contributed by atoms with Crippen LogP contribution in [0.1, 0.15) is 32.0 Å². The Balaban J connectivity index is 2.20. The predicted octanol–water partition coefficient (Wildman–Crippen LogP) is 3.93. The van der Waals surface area contributed by atoms with Gasteiger partial charge < -0.3 is 5.11 Å². The van der Waals surface area contributed by atoms with Crippen LogP contribution in [-0.4, -0.2) is 19.9 Å². The largest absolute Gasteiger partial charge is 0.391 e. The number of para-hydroxylation sites is 1. The molecule has 2 heterocycles. The number of thiazole rings is 1. The van der Waals surface area contributed by atoms with Crippen molar-refractivity contribution < 1.29 is 5.11 Å². The van der Waals surface area contributed by atoms with E-state index in [1.54, 1.807) is 4.68 Å². The molecule has 0 amide bonds. The van der Waals surface area contributed by atoms with E-state index < -0.39 is 0 Å². The second-order valence-electron chi connectivity index (χ2n) is 5.90. The van der Waals surface area contributed by atoms with Crippen molar-refractivity contribution >= 4 is 33.2 Å². The van der Waals surface area contributed by atoms with E-state index in [4.69, 9.17) is 11.6 Å². The van der Waals surface area contributed by atoms with Crippen LogP contribution in [0.2, 0.25) is 5.15 Å². The average molecular weight is 322 g/mol. The monoisotopic (exact) mass is 321 g/mol. The lowest BCUT2D eigenvalue weighted by Gasteiger charge is -2.16. The van der Waals surface area contributed by atoms with E-state index in [2.05, 4.69) is 10.1 Å². The number of hydrogen-bond donors (Lipinski definition) is 1. The summed E-state index contributed by atoms with van der Waals surface area (Å²) in [6, 6.07) is 7.92. The van der Waals surface area contributed by atoms with Gasteiger partial charge in [0.1, 0.15) is 5.15 Å². The van der Waals surface area contributed by atoms with Crippen LogP contribution in [0.4, 0.5) is 0 Å². The van der Waals surface area contributed by atoms with Gasteiger partial charge >= 0.3 is 0 Å². The van der Waals surface area contributed by atoms with Crippen molar-refractivity contribution in [3.63, 3.8) is 0 Å². The normalized spacial score (nSPS) is 12.2. The second kappa shape index (κ2) is 5.09. The zero-order valence-corrected chi connectivity index (χ0v) is 13.7. The molecule has 0 saturated heterocycles. The van der Waals surface area contributed by atoms with E-state index in [-0.39, 0.29) is 12.0 Å². The SMILES string of the molecule is CC(C)(C)c1nn(-c2nc3ccccc3s2)c(Cl)c1CO. The molecular formula is C15H16ClN3OS. The first-order valence-electron chi connectivity index (χ1n) is 6.66. The molecule has 6 heteroatoms. The van der Waals surface area contributed by atoms with Crippen LogP contribution in [0.15, 0.2) is 24.3 Å². The zero-order chi connectivity index (χ0) is 15.2. The van der Waals surface area contributed by atoms with Crippen molar-refractivity contribution in [2.75, 3.05) is 0 Å². The molecule has 4 nitrogen and oxygen atoms in total. The highest BCUT2D eigenvalue weighted by Crippen LogP contribution is 2.33. The third-order valence-corrected chi connectivity index (χ3v) is 4.65. The molecule has 2 aromatic heterocycles. The quantitative estimate of drug-likeness (QED) is 0.778. The molecule has 0 saturated carbocycles. The van der Waals surface area contributed by atoms with Gasteiger partial charge in [-0.05, 0) is 12.1 Å². The smallest absolute Gasteiger partial charge is 0.212 e. The summed E-state index contributed by atoms with van der Waals surface area (Å²) in [7, 11) is 0. The summed E-state index contributed by atoms with van der Waals surface area (Å²) in [6.07, 6.45) is 0. The van der Waals surface area contributed by atoms with Gasteiger partial charge in [0.2, 0.25) is 5.13 Å². The highest BCUT2D eigenvalue weighted by atomic mass is 35.5. The standard InChI is InChI=1S/C15H16ClN3OS/c1-15(2,3)12-9(8-20)13(16)19(18-12)14-17-10-6-4-5-7-11(10)21-14/h4-7,20H,8H2,1-3H3. The summed E-state index contributed by atoms with van der Waals surface area (Å²) in [4.78, 5) is 4.57. The van der Waals surface area contributed by atoms with Crippen molar-refractivity contribution in [3.05, 3.63) is 40.7 Å². The lowest BCUT2D eigenvalue weighted by atomic mass is 9.90. The minimum atomic E-state index is -0.191. The van der Waals surface area contributed by atoms with Gasteiger partial charge in [0.25, 0.3) is 0 Å². The third kappa shape index (κ3) is 2.46. The lowest BCUT2D eigenvalue weighted by Crippen LogP contribution is -2.14. The Kier molecular flexibility index (Phi) is 3.51. The Morgan fingerprint density at radius 1 is 1.29 bits per heavy atom. The van der Waals surface area contributed by atoms with E-state index in [1.165, 1.54) is 11.3 Å². The van der Waals surface area contributed by atoms with Crippen LogP contribution in [0, 0.1) is 0 Å². The van der Waals surface area contributed by atoms with Crippen molar-refractivity contribution in [1.82, 2.24) is 14.8 Å². The molecule has 0 spiro atoms. The van der Waals surface area contributed by atoms with Gasteiger partial charge in [-0.2, -0.15) is 9.78 Å². The van der Waals surface area contributed by atoms with Crippen LogP contribution in [0.3, 0.4) is 0 Å². The van der Waals surface area contributed by atoms with Crippen LogP contribution in [0.25, 0.3) is 15.3 Å². The molecule has 0 aliphatic rings. The van der Waals surface area contributed by atoms with Gasteiger partial charge in [0, 0.05) is 11.0 Å². The Morgan fingerprint density at radius 3 is 2.57 bits per heavy atom. The topological polar surface area (TPSA) is 50.9 Å². The molecule has 110 valence electrons. The van der Waals surface area contributed by atoms with Crippen molar-refractivity contribution in [1.29, 1.82) is 0 Å². The summed E-state index contributed by atoms with van der Waals surface area (Å²) < 4.78 is 2.71. The van der Waals surface area contributed by atoms with Gasteiger partial charge in [-0.1, -0.05) is 55.8 Å². The highest BCUT2D eigenvalue weighted by molar-refractivity contribution is 7.20. The molecule has 0 radical (unpaired) electrons. The molecule has 0 aliphatic carbocycles. The first-order chi connectivity index (χ1) is 9.91. The number of aromatic nitrogens is 3. The average Bonchev–Trinajstić information content (AvgIpc) is 2.98. The number of rotatable bonds is 2. The zero-order valence-electron chi connectivity index (χ0n) is 12.1. The Morgan fingerprint density at radius 2 is 2.00 bits per heavy atom. The molecule has 1 aromatic carbocycles. The number of benzene rings is 1. The lowest BCUT2D eigenvalue weighted by molar-refractivity contribution is 0.278. The van der Waals surface area contributed by atoms with E-state index in [0.717, 1.165) is 15.9 Å². The second-order valence-corrected chi connectivity index (χ2v) is 7.27. The van der Waals surface area contributed by atoms with Gasteiger partial charge in [-0.15, -0.1) is 0 Å². The molecule has 0 unspecified atom stereocenters. The van der Waals surface area contributed by atoms with Crippen LogP contribution >= 0.6 is 22.9 Å². The maximum atomic E-state index is 9.61. The molecule has 21 heavy (non-hydrogen) atoms. The fraction of sp³-hybridized carbons (Fsp3) is 0.333. The van der Waals surface area contributed by atoms with E-state index in [0.29, 0.717) is 15.8 Å². The molecular weight excluding hydrogens is 306 g/mol. The summed E-state index contributed by atoms with van der Waals surface area (Å²) in [5.41, 5.74) is 2.20. The Labute approximate surface area is 132 Å². The van der Waals surface area contributed by atoms with Crippen LogP contribution in [-0.2, 0) is 12.0 Å². The third-order valence-electron chi connectivity index (χ3n) is 3.25. The van der Waals surface area contributed by atoms with E-state index in [9.17, 15) is 5.11 Å². The van der Waals surface area contributed by atoms with E-state index >= 15 is 0 Å². The predicted molar refractivity (Wildman–Crippen MR) is 86.4 cm³/mol. The molecule has 0 atom stereocenters. The number of hydrogen-bond acceptors (Lipinski definition) is 4. The fourth-order valence-corrected chi connectivity index (χ4v) is 3.49. The van der Waals surface area contributed by atoms with Gasteiger partial charge in [-0.25, -0.2) is 4.98 Å². The van der Waals surface area contributed by atoms with Crippen LogP contribution < -0.4 is 0 Å². The van der Waals surface area contributed by atoms with Crippen LogP contribution in [0.5, 0.6) is 0 Å². The first-order valence-corrected chi connectivity index (χ1v) is 7.86. The Bertz CT molecular complexity index is 768. The number of nitrogens with zero attached hydrogens (tertiary/aromatic N) is 3. The molecule has 0 bridgehead atoms. The summed E-state index contributed by atoms with van der Waals surface area (Å²) in [6.45, 7) is 6.02. The first kappa shape index (κ1) is 14.5. The number of halogens is 1.